The second-order valence-electron chi connectivity index (χ2n) is 4.23. The first kappa shape index (κ1) is 9.39. The van der Waals surface area contributed by atoms with E-state index < -0.39 is 12.0 Å². The van der Waals surface area contributed by atoms with E-state index in [0.717, 1.165) is 24.2 Å². The van der Waals surface area contributed by atoms with Gasteiger partial charge in [0.1, 0.15) is 6.04 Å². The molecule has 1 unspecified atom stereocenters. The summed E-state index contributed by atoms with van der Waals surface area (Å²) in [5.41, 5.74) is 4.31. The summed E-state index contributed by atoms with van der Waals surface area (Å²) in [5, 5.41) is 12.1. The van der Waals surface area contributed by atoms with Gasteiger partial charge in [0, 0.05) is 12.6 Å². The monoisotopic (exact) mass is 216 g/mol. The summed E-state index contributed by atoms with van der Waals surface area (Å²) in [6, 6.07) is 3.51. The normalized spacial score (nSPS) is 22.4. The van der Waals surface area contributed by atoms with Crippen LogP contribution in [-0.2, 0) is 11.2 Å². The standard InChI is InChI=1S/C12H12N2O2/c15-12(16)9-6-8-4-3-7-2-1-5-13-10(7)11(8)14-9/h1-2,5,9,14H,3-4,6H2,(H,15,16). The molecule has 1 atom stereocenters. The Bertz CT molecular complexity index is 494. The number of carboxylic acids is 1. The summed E-state index contributed by atoms with van der Waals surface area (Å²) in [6.07, 6.45) is 4.28. The van der Waals surface area contributed by atoms with Gasteiger partial charge < -0.3 is 10.4 Å². The first-order valence-corrected chi connectivity index (χ1v) is 5.41. The Labute approximate surface area is 93.0 Å². The summed E-state index contributed by atoms with van der Waals surface area (Å²) < 4.78 is 0. The summed E-state index contributed by atoms with van der Waals surface area (Å²) in [4.78, 5) is 15.3. The van der Waals surface area contributed by atoms with Gasteiger partial charge in [-0.05, 0) is 30.0 Å². The van der Waals surface area contributed by atoms with Gasteiger partial charge in [0.25, 0.3) is 0 Å². The number of aliphatic carboxylic acids is 1. The number of fused-ring (bicyclic) bond motifs is 2. The molecule has 1 aliphatic heterocycles. The van der Waals surface area contributed by atoms with Crippen molar-refractivity contribution in [1.29, 1.82) is 0 Å². The number of nitrogens with one attached hydrogen (secondary N) is 1. The van der Waals surface area contributed by atoms with Crippen molar-refractivity contribution in [2.75, 3.05) is 0 Å². The highest BCUT2D eigenvalue weighted by atomic mass is 16.4. The maximum atomic E-state index is 10.9. The van der Waals surface area contributed by atoms with E-state index in [-0.39, 0.29) is 0 Å². The lowest BCUT2D eigenvalue weighted by molar-refractivity contribution is -0.138. The van der Waals surface area contributed by atoms with E-state index in [0.29, 0.717) is 6.42 Å². The van der Waals surface area contributed by atoms with Crippen molar-refractivity contribution in [2.45, 2.75) is 25.3 Å². The number of carboxylic acid groups (broad SMARTS) is 1. The molecule has 82 valence electrons. The SMILES string of the molecule is O=C(O)C1CC2=C(N1)c1ncccc1CC2. The van der Waals surface area contributed by atoms with Crippen molar-refractivity contribution >= 4 is 11.7 Å². The lowest BCUT2D eigenvalue weighted by atomic mass is 9.93. The summed E-state index contributed by atoms with van der Waals surface area (Å²) in [7, 11) is 0. The molecule has 0 amide bonds. The maximum absolute atomic E-state index is 10.9. The molecule has 0 aromatic carbocycles. The fourth-order valence-corrected chi connectivity index (χ4v) is 2.44. The third-order valence-corrected chi connectivity index (χ3v) is 3.24. The van der Waals surface area contributed by atoms with Crippen LogP contribution in [0, 0.1) is 0 Å². The maximum Gasteiger partial charge on any atom is 0.326 e. The zero-order chi connectivity index (χ0) is 11.1. The highest BCUT2D eigenvalue weighted by molar-refractivity contribution is 5.82. The molecule has 0 saturated carbocycles. The minimum Gasteiger partial charge on any atom is -0.480 e. The third kappa shape index (κ3) is 1.30. The van der Waals surface area contributed by atoms with Gasteiger partial charge in [0.15, 0.2) is 0 Å². The van der Waals surface area contributed by atoms with E-state index in [9.17, 15) is 4.79 Å². The smallest absolute Gasteiger partial charge is 0.326 e. The van der Waals surface area contributed by atoms with Crippen LogP contribution in [0.5, 0.6) is 0 Å². The fourth-order valence-electron chi connectivity index (χ4n) is 2.44. The van der Waals surface area contributed by atoms with E-state index in [1.807, 2.05) is 6.07 Å². The Morgan fingerprint density at radius 3 is 3.19 bits per heavy atom. The lowest BCUT2D eigenvalue weighted by Crippen LogP contribution is -2.31. The number of hydrogen-bond acceptors (Lipinski definition) is 3. The zero-order valence-corrected chi connectivity index (χ0v) is 8.73. The van der Waals surface area contributed by atoms with Crippen LogP contribution in [0.3, 0.4) is 0 Å². The van der Waals surface area contributed by atoms with Crippen molar-refractivity contribution in [3.63, 3.8) is 0 Å². The fraction of sp³-hybridized carbons (Fsp3) is 0.333. The van der Waals surface area contributed by atoms with Crippen molar-refractivity contribution in [2.24, 2.45) is 0 Å². The van der Waals surface area contributed by atoms with Gasteiger partial charge in [-0.25, -0.2) is 4.79 Å². The Morgan fingerprint density at radius 1 is 1.50 bits per heavy atom. The van der Waals surface area contributed by atoms with Gasteiger partial charge in [-0.1, -0.05) is 6.07 Å². The van der Waals surface area contributed by atoms with Gasteiger partial charge in [0.05, 0.1) is 11.4 Å². The van der Waals surface area contributed by atoms with Crippen LogP contribution < -0.4 is 5.32 Å². The minimum atomic E-state index is -0.785. The molecule has 2 N–H and O–H groups in total. The molecule has 16 heavy (non-hydrogen) atoms. The summed E-state index contributed by atoms with van der Waals surface area (Å²) in [6.45, 7) is 0. The van der Waals surface area contributed by atoms with Crippen LogP contribution in [0.2, 0.25) is 0 Å². The molecule has 2 aliphatic rings. The van der Waals surface area contributed by atoms with Crippen LogP contribution in [0.1, 0.15) is 24.1 Å². The Balaban J connectivity index is 2.00. The average Bonchev–Trinajstić information content (AvgIpc) is 2.73. The van der Waals surface area contributed by atoms with Crippen LogP contribution in [0.15, 0.2) is 23.9 Å². The molecule has 0 spiro atoms. The molecule has 1 aromatic heterocycles. The average molecular weight is 216 g/mol. The molecule has 4 nitrogen and oxygen atoms in total. The van der Waals surface area contributed by atoms with Crippen LogP contribution in [0.4, 0.5) is 0 Å². The van der Waals surface area contributed by atoms with Gasteiger partial charge in [0.2, 0.25) is 0 Å². The van der Waals surface area contributed by atoms with Crippen molar-refractivity contribution in [1.82, 2.24) is 10.3 Å². The Morgan fingerprint density at radius 2 is 2.38 bits per heavy atom. The van der Waals surface area contributed by atoms with E-state index >= 15 is 0 Å². The van der Waals surface area contributed by atoms with Gasteiger partial charge in [-0.3, -0.25) is 4.98 Å². The molecule has 1 aromatic rings. The predicted octanol–water partition coefficient (Wildman–Crippen LogP) is 1.19. The first-order chi connectivity index (χ1) is 7.75. The number of pyridine rings is 1. The van der Waals surface area contributed by atoms with Crippen molar-refractivity contribution in [3.8, 4) is 0 Å². The summed E-state index contributed by atoms with van der Waals surface area (Å²) >= 11 is 0. The molecule has 0 radical (unpaired) electrons. The molecule has 0 bridgehead atoms. The topological polar surface area (TPSA) is 62.2 Å². The molecule has 2 heterocycles. The molecule has 0 fully saturated rings. The summed E-state index contributed by atoms with van der Waals surface area (Å²) in [5.74, 6) is -0.785. The predicted molar refractivity (Wildman–Crippen MR) is 58.7 cm³/mol. The highest BCUT2D eigenvalue weighted by Gasteiger charge is 2.32. The van der Waals surface area contributed by atoms with Crippen LogP contribution in [-0.4, -0.2) is 22.1 Å². The lowest BCUT2D eigenvalue weighted by Gasteiger charge is -2.16. The van der Waals surface area contributed by atoms with Crippen molar-refractivity contribution in [3.05, 3.63) is 35.2 Å². The third-order valence-electron chi connectivity index (χ3n) is 3.24. The number of aromatic nitrogens is 1. The number of nitrogens with zero attached hydrogens (tertiary/aromatic N) is 1. The Kier molecular flexibility index (Phi) is 1.96. The molecule has 0 saturated heterocycles. The second kappa shape index (κ2) is 3.33. The van der Waals surface area contributed by atoms with Gasteiger partial charge in [-0.2, -0.15) is 0 Å². The van der Waals surface area contributed by atoms with Crippen LogP contribution in [0.25, 0.3) is 5.70 Å². The van der Waals surface area contributed by atoms with E-state index in [2.05, 4.69) is 16.4 Å². The van der Waals surface area contributed by atoms with E-state index in [1.165, 1.54) is 11.1 Å². The number of rotatable bonds is 1. The molecule has 1 aliphatic carbocycles. The second-order valence-corrected chi connectivity index (χ2v) is 4.23. The molecule has 3 rings (SSSR count). The zero-order valence-electron chi connectivity index (χ0n) is 8.73. The van der Waals surface area contributed by atoms with Crippen LogP contribution >= 0.6 is 0 Å². The van der Waals surface area contributed by atoms with E-state index in [1.54, 1.807) is 6.20 Å². The largest absolute Gasteiger partial charge is 0.480 e. The van der Waals surface area contributed by atoms with Gasteiger partial charge >= 0.3 is 5.97 Å². The first-order valence-electron chi connectivity index (χ1n) is 5.41. The Hall–Kier alpha value is -1.84. The number of carbonyl (C=O) groups is 1. The van der Waals surface area contributed by atoms with Crippen molar-refractivity contribution < 1.29 is 9.90 Å². The highest BCUT2D eigenvalue weighted by Crippen LogP contribution is 2.34. The number of hydrogen-bond donors (Lipinski definition) is 2. The molecule has 4 heteroatoms. The quantitative estimate of drug-likeness (QED) is 0.740. The molecular formula is C12H12N2O2. The van der Waals surface area contributed by atoms with Gasteiger partial charge in [-0.15, -0.1) is 0 Å². The minimum absolute atomic E-state index is 0.474. The molecular weight excluding hydrogens is 204 g/mol. The van der Waals surface area contributed by atoms with E-state index in [4.69, 9.17) is 5.11 Å². The number of aryl methyl sites for hydroxylation is 1.